The van der Waals surface area contributed by atoms with E-state index in [4.69, 9.17) is 11.6 Å². The van der Waals surface area contributed by atoms with E-state index in [1.54, 1.807) is 13.0 Å². The molecular weight excluding hydrogens is 256 g/mol. The van der Waals surface area contributed by atoms with Gasteiger partial charge in [-0.15, -0.1) is 11.3 Å². The van der Waals surface area contributed by atoms with Crippen LogP contribution in [0.25, 0.3) is 0 Å². The Morgan fingerprint density at radius 1 is 1.47 bits per heavy atom. The number of halogens is 1. The van der Waals surface area contributed by atoms with Gasteiger partial charge in [-0.1, -0.05) is 11.6 Å². The standard InChI is InChI=1S/C8H7ClN2O2S2/c1-6-4-10-11(5-6)15(12,13)8-3-2-7(9)14-8/h2-5H,1H3. The second-order valence-electron chi connectivity index (χ2n) is 2.95. The van der Waals surface area contributed by atoms with Crippen molar-refractivity contribution in [3.05, 3.63) is 34.4 Å². The van der Waals surface area contributed by atoms with Crippen LogP contribution in [0.1, 0.15) is 5.56 Å². The summed E-state index contributed by atoms with van der Waals surface area (Å²) >= 11 is 6.70. The monoisotopic (exact) mass is 262 g/mol. The molecule has 0 atom stereocenters. The van der Waals surface area contributed by atoms with Crippen LogP contribution in [0.3, 0.4) is 0 Å². The lowest BCUT2D eigenvalue weighted by molar-refractivity contribution is 0.582. The minimum atomic E-state index is -3.56. The summed E-state index contributed by atoms with van der Waals surface area (Å²) in [6.45, 7) is 1.78. The van der Waals surface area contributed by atoms with Crippen LogP contribution in [0, 0.1) is 6.92 Å². The fraction of sp³-hybridized carbons (Fsp3) is 0.125. The highest BCUT2D eigenvalue weighted by Gasteiger charge is 2.19. The van der Waals surface area contributed by atoms with E-state index in [2.05, 4.69) is 5.10 Å². The van der Waals surface area contributed by atoms with Crippen LogP contribution < -0.4 is 0 Å². The Morgan fingerprint density at radius 3 is 2.67 bits per heavy atom. The third kappa shape index (κ3) is 1.92. The van der Waals surface area contributed by atoms with Crippen molar-refractivity contribution in [2.24, 2.45) is 0 Å². The Morgan fingerprint density at radius 2 is 2.20 bits per heavy atom. The van der Waals surface area contributed by atoms with Gasteiger partial charge in [0.25, 0.3) is 10.0 Å². The van der Waals surface area contributed by atoms with Gasteiger partial charge in [-0.3, -0.25) is 0 Å². The van der Waals surface area contributed by atoms with Crippen LogP contribution in [0.4, 0.5) is 0 Å². The zero-order chi connectivity index (χ0) is 11.1. The van der Waals surface area contributed by atoms with Gasteiger partial charge in [-0.05, 0) is 24.6 Å². The molecule has 2 heterocycles. The molecular formula is C8H7ClN2O2S2. The molecule has 0 aliphatic rings. The number of aromatic nitrogens is 2. The summed E-state index contributed by atoms with van der Waals surface area (Å²) in [6.07, 6.45) is 2.95. The van der Waals surface area contributed by atoms with Crippen molar-refractivity contribution in [1.29, 1.82) is 0 Å². The Kier molecular flexibility index (Phi) is 2.57. The third-order valence-corrected chi connectivity index (χ3v) is 4.98. The first-order valence-corrected chi connectivity index (χ1v) is 6.66. The lowest BCUT2D eigenvalue weighted by Gasteiger charge is -1.99. The molecule has 0 saturated carbocycles. The topological polar surface area (TPSA) is 52.0 Å². The highest BCUT2D eigenvalue weighted by Crippen LogP contribution is 2.26. The van der Waals surface area contributed by atoms with Crippen molar-refractivity contribution in [3.63, 3.8) is 0 Å². The second-order valence-corrected chi connectivity index (χ2v) is 6.69. The lowest BCUT2D eigenvalue weighted by Crippen LogP contribution is -2.11. The quantitative estimate of drug-likeness (QED) is 0.833. The molecule has 0 aliphatic carbocycles. The molecule has 0 amide bonds. The predicted molar refractivity (Wildman–Crippen MR) is 58.9 cm³/mol. The molecule has 15 heavy (non-hydrogen) atoms. The Balaban J connectivity index is 2.53. The van der Waals surface area contributed by atoms with E-state index in [9.17, 15) is 8.42 Å². The van der Waals surface area contributed by atoms with Gasteiger partial charge in [0.1, 0.15) is 4.21 Å². The Hall–Kier alpha value is -0.850. The van der Waals surface area contributed by atoms with Crippen molar-refractivity contribution in [2.75, 3.05) is 0 Å². The summed E-state index contributed by atoms with van der Waals surface area (Å²) < 4.78 is 25.4. The average Bonchev–Trinajstić information content (AvgIpc) is 2.74. The number of rotatable bonds is 2. The molecule has 0 unspecified atom stereocenters. The number of nitrogens with zero attached hydrogens (tertiary/aromatic N) is 2. The average molecular weight is 263 g/mol. The number of hydrogen-bond acceptors (Lipinski definition) is 4. The van der Waals surface area contributed by atoms with Gasteiger partial charge in [0, 0.05) is 6.20 Å². The molecule has 0 fully saturated rings. The van der Waals surface area contributed by atoms with E-state index >= 15 is 0 Å². The summed E-state index contributed by atoms with van der Waals surface area (Å²) in [6, 6.07) is 3.02. The first kappa shape index (κ1) is 10.7. The molecule has 2 rings (SSSR count). The zero-order valence-electron chi connectivity index (χ0n) is 7.71. The Labute approximate surface area is 96.2 Å². The first-order valence-electron chi connectivity index (χ1n) is 4.02. The Bertz CT molecular complexity index is 539. The maximum atomic E-state index is 11.9. The zero-order valence-corrected chi connectivity index (χ0v) is 10.1. The molecule has 7 heteroatoms. The summed E-state index contributed by atoms with van der Waals surface area (Å²) in [5.41, 5.74) is 0.793. The number of thiophene rings is 1. The number of aryl methyl sites for hydroxylation is 1. The van der Waals surface area contributed by atoms with Crippen molar-refractivity contribution in [1.82, 2.24) is 9.19 Å². The van der Waals surface area contributed by atoms with Crippen LogP contribution in [-0.2, 0) is 10.0 Å². The molecule has 0 spiro atoms. The molecule has 80 valence electrons. The van der Waals surface area contributed by atoms with Gasteiger partial charge in [0.2, 0.25) is 0 Å². The smallest absolute Gasteiger partial charge is 0.198 e. The van der Waals surface area contributed by atoms with E-state index in [0.717, 1.165) is 21.0 Å². The summed E-state index contributed by atoms with van der Waals surface area (Å²) in [7, 11) is -3.56. The predicted octanol–water partition coefficient (Wildman–Crippen LogP) is 2.14. The van der Waals surface area contributed by atoms with Gasteiger partial charge in [-0.2, -0.15) is 17.6 Å². The minimum Gasteiger partial charge on any atom is -0.198 e. The fourth-order valence-corrected chi connectivity index (χ4v) is 3.78. The molecule has 0 saturated heterocycles. The first-order chi connectivity index (χ1) is 7.00. The largest absolute Gasteiger partial charge is 0.292 e. The second kappa shape index (κ2) is 3.62. The van der Waals surface area contributed by atoms with Crippen LogP contribution in [-0.4, -0.2) is 17.6 Å². The molecule has 4 nitrogen and oxygen atoms in total. The molecule has 0 bridgehead atoms. The summed E-state index contributed by atoms with van der Waals surface area (Å²) in [4.78, 5) is 0. The van der Waals surface area contributed by atoms with Crippen LogP contribution in [0.5, 0.6) is 0 Å². The molecule has 2 aromatic heterocycles. The maximum Gasteiger partial charge on any atom is 0.292 e. The van der Waals surface area contributed by atoms with E-state index in [1.165, 1.54) is 18.5 Å². The highest BCUT2D eigenvalue weighted by atomic mass is 35.5. The van der Waals surface area contributed by atoms with Crippen molar-refractivity contribution < 1.29 is 8.42 Å². The van der Waals surface area contributed by atoms with E-state index < -0.39 is 10.0 Å². The van der Waals surface area contributed by atoms with Crippen molar-refractivity contribution in [3.8, 4) is 0 Å². The fourth-order valence-electron chi connectivity index (χ4n) is 1.05. The summed E-state index contributed by atoms with van der Waals surface area (Å²) in [5.74, 6) is 0. The SMILES string of the molecule is Cc1cnn(S(=O)(=O)c2ccc(Cl)s2)c1. The molecule has 0 aliphatic heterocycles. The van der Waals surface area contributed by atoms with E-state index in [0.29, 0.717) is 4.34 Å². The van der Waals surface area contributed by atoms with E-state index in [1.807, 2.05) is 0 Å². The third-order valence-electron chi connectivity index (χ3n) is 1.74. The lowest BCUT2D eigenvalue weighted by atomic mass is 10.4. The van der Waals surface area contributed by atoms with E-state index in [-0.39, 0.29) is 4.21 Å². The van der Waals surface area contributed by atoms with Crippen LogP contribution in [0.15, 0.2) is 28.7 Å². The molecule has 0 N–H and O–H groups in total. The molecule has 0 radical (unpaired) electrons. The van der Waals surface area contributed by atoms with Gasteiger partial charge in [0.15, 0.2) is 0 Å². The summed E-state index contributed by atoms with van der Waals surface area (Å²) in [5, 5.41) is 3.77. The minimum absolute atomic E-state index is 0.190. The van der Waals surface area contributed by atoms with Gasteiger partial charge < -0.3 is 0 Å². The van der Waals surface area contributed by atoms with Gasteiger partial charge in [0.05, 0.1) is 10.5 Å². The van der Waals surface area contributed by atoms with Crippen LogP contribution >= 0.6 is 22.9 Å². The maximum absolute atomic E-state index is 11.9. The van der Waals surface area contributed by atoms with Crippen LogP contribution in [0.2, 0.25) is 4.34 Å². The number of hydrogen-bond donors (Lipinski definition) is 0. The van der Waals surface area contributed by atoms with Crippen molar-refractivity contribution >= 4 is 33.0 Å². The molecule has 2 aromatic rings. The van der Waals surface area contributed by atoms with Crippen molar-refractivity contribution in [2.45, 2.75) is 11.1 Å². The molecule has 0 aromatic carbocycles. The normalized spacial score (nSPS) is 11.9. The van der Waals surface area contributed by atoms with Gasteiger partial charge >= 0.3 is 0 Å². The highest BCUT2D eigenvalue weighted by molar-refractivity contribution is 7.92. The van der Waals surface area contributed by atoms with Gasteiger partial charge in [-0.25, -0.2) is 0 Å².